The molecule has 1 heterocycles. The Kier molecular flexibility index (Phi) is 7.10. The molecule has 1 aliphatic heterocycles. The summed E-state index contributed by atoms with van der Waals surface area (Å²) in [7, 11) is 0. The fraction of sp³-hybridized carbons (Fsp3) is 0.409. The molecule has 1 aliphatic carbocycles. The molecule has 0 bridgehead atoms. The lowest BCUT2D eigenvalue weighted by Gasteiger charge is -2.33. The zero-order valence-electron chi connectivity index (χ0n) is 17.6. The molecule has 0 aromatic heterocycles. The minimum absolute atomic E-state index is 0.0611. The van der Waals surface area contributed by atoms with Crippen molar-refractivity contribution in [3.8, 4) is 11.8 Å². The van der Waals surface area contributed by atoms with Crippen molar-refractivity contribution in [1.29, 1.82) is 5.26 Å². The van der Waals surface area contributed by atoms with E-state index in [-0.39, 0.29) is 6.61 Å². The van der Waals surface area contributed by atoms with Crippen LogP contribution in [0.3, 0.4) is 0 Å². The van der Waals surface area contributed by atoms with Gasteiger partial charge in [0.05, 0.1) is 0 Å². The van der Waals surface area contributed by atoms with Crippen molar-refractivity contribution in [2.75, 3.05) is 13.2 Å². The second-order valence-corrected chi connectivity index (χ2v) is 7.83. The number of carbonyl (C=O) groups excluding carboxylic acids is 4. The van der Waals surface area contributed by atoms with Gasteiger partial charge in [0, 0.05) is 6.08 Å². The highest BCUT2D eigenvalue weighted by Crippen LogP contribution is 2.35. The molecular formula is C22H24N4O6. The summed E-state index contributed by atoms with van der Waals surface area (Å²) < 4.78 is 10.0. The molecule has 4 amide bonds. The molecule has 0 radical (unpaired) electrons. The molecule has 10 heteroatoms. The van der Waals surface area contributed by atoms with Crippen LogP contribution in [0.2, 0.25) is 0 Å². The van der Waals surface area contributed by atoms with Gasteiger partial charge in [0.15, 0.2) is 13.2 Å². The fourth-order valence-corrected chi connectivity index (χ4v) is 3.61. The summed E-state index contributed by atoms with van der Waals surface area (Å²) in [5.74, 6) is -1.05. The minimum Gasteiger partial charge on any atom is -0.479 e. The number of rotatable bonds is 7. The quantitative estimate of drug-likeness (QED) is 0.374. The summed E-state index contributed by atoms with van der Waals surface area (Å²) in [6.07, 6.45) is 5.30. The van der Waals surface area contributed by atoms with E-state index in [0.717, 1.165) is 18.9 Å². The second kappa shape index (κ2) is 9.96. The standard InChI is InChI=1S/C22H24N4O6/c1-15-8-10-22(11-9-15)20(29)26(21(30)24-22)25-18(27)14-32-19(28)7-4-16-2-5-17(6-3-16)31-13-12-23/h2-7,15H,8-11,13-14H2,1H3,(H,24,30)(H,25,27)/b7-4+. The van der Waals surface area contributed by atoms with Crippen molar-refractivity contribution in [3.05, 3.63) is 35.9 Å². The SMILES string of the molecule is CC1CCC2(CC1)NC(=O)N(NC(=O)COC(=O)/C=C/c1ccc(OCC#N)cc1)C2=O. The minimum atomic E-state index is -0.967. The van der Waals surface area contributed by atoms with E-state index < -0.39 is 36.0 Å². The number of nitrogens with zero attached hydrogens (tertiary/aromatic N) is 2. The third-order valence-corrected chi connectivity index (χ3v) is 5.47. The van der Waals surface area contributed by atoms with Crippen LogP contribution < -0.4 is 15.5 Å². The summed E-state index contributed by atoms with van der Waals surface area (Å²) in [5.41, 5.74) is 1.92. The van der Waals surface area contributed by atoms with E-state index in [4.69, 9.17) is 14.7 Å². The summed E-state index contributed by atoms with van der Waals surface area (Å²) in [6, 6.07) is 7.83. The average molecular weight is 440 g/mol. The van der Waals surface area contributed by atoms with E-state index in [1.54, 1.807) is 24.3 Å². The van der Waals surface area contributed by atoms with E-state index in [1.807, 2.05) is 6.07 Å². The number of hydrogen-bond acceptors (Lipinski definition) is 7. The number of benzene rings is 1. The summed E-state index contributed by atoms with van der Waals surface area (Å²) in [5, 5.41) is 11.8. The first-order valence-electron chi connectivity index (χ1n) is 10.2. The van der Waals surface area contributed by atoms with Crippen LogP contribution in [0.5, 0.6) is 5.75 Å². The molecule has 168 valence electrons. The maximum absolute atomic E-state index is 12.7. The summed E-state index contributed by atoms with van der Waals surface area (Å²) >= 11 is 0. The van der Waals surface area contributed by atoms with Crippen molar-refractivity contribution in [2.45, 2.75) is 38.1 Å². The number of hydrazine groups is 1. The van der Waals surface area contributed by atoms with Crippen LogP contribution >= 0.6 is 0 Å². The molecule has 2 aliphatic rings. The van der Waals surface area contributed by atoms with E-state index in [1.165, 1.54) is 6.08 Å². The Morgan fingerprint density at radius 1 is 1.28 bits per heavy atom. The number of imide groups is 1. The number of amides is 4. The van der Waals surface area contributed by atoms with Crippen molar-refractivity contribution >= 4 is 29.9 Å². The number of hydrogen-bond donors (Lipinski definition) is 2. The van der Waals surface area contributed by atoms with Gasteiger partial charge in [-0.05, 0) is 55.4 Å². The van der Waals surface area contributed by atoms with Crippen molar-refractivity contribution in [1.82, 2.24) is 15.8 Å². The first-order valence-corrected chi connectivity index (χ1v) is 10.2. The van der Waals surface area contributed by atoms with Gasteiger partial charge in [-0.25, -0.2) is 9.59 Å². The highest BCUT2D eigenvalue weighted by molar-refractivity contribution is 6.08. The highest BCUT2D eigenvalue weighted by atomic mass is 16.5. The lowest BCUT2D eigenvalue weighted by atomic mass is 9.77. The molecule has 2 fully saturated rings. The lowest BCUT2D eigenvalue weighted by molar-refractivity contribution is -0.147. The third-order valence-electron chi connectivity index (χ3n) is 5.47. The predicted octanol–water partition coefficient (Wildman–Crippen LogP) is 1.68. The Morgan fingerprint density at radius 2 is 1.97 bits per heavy atom. The fourth-order valence-electron chi connectivity index (χ4n) is 3.61. The number of ether oxygens (including phenoxy) is 2. The van der Waals surface area contributed by atoms with E-state index >= 15 is 0 Å². The molecule has 1 saturated heterocycles. The number of urea groups is 1. The monoisotopic (exact) mass is 440 g/mol. The molecule has 2 N–H and O–H groups in total. The van der Waals surface area contributed by atoms with E-state index in [0.29, 0.717) is 35.1 Å². The molecule has 32 heavy (non-hydrogen) atoms. The second-order valence-electron chi connectivity index (χ2n) is 7.83. The van der Waals surface area contributed by atoms with Crippen LogP contribution in [0.15, 0.2) is 30.3 Å². The Morgan fingerprint density at radius 3 is 2.62 bits per heavy atom. The Hall–Kier alpha value is -3.87. The Balaban J connectivity index is 1.46. The summed E-state index contributed by atoms with van der Waals surface area (Å²) in [4.78, 5) is 48.8. The van der Waals surface area contributed by atoms with Gasteiger partial charge in [-0.3, -0.25) is 15.0 Å². The molecule has 0 atom stereocenters. The molecular weight excluding hydrogens is 416 g/mol. The van der Waals surface area contributed by atoms with Gasteiger partial charge >= 0.3 is 12.0 Å². The number of carbonyl (C=O) groups is 4. The zero-order valence-corrected chi connectivity index (χ0v) is 17.6. The molecule has 1 aromatic rings. The summed E-state index contributed by atoms with van der Waals surface area (Å²) in [6.45, 7) is 1.39. The van der Waals surface area contributed by atoms with Crippen molar-refractivity contribution in [3.63, 3.8) is 0 Å². The lowest BCUT2D eigenvalue weighted by Crippen LogP contribution is -2.52. The van der Waals surface area contributed by atoms with Gasteiger partial charge in [0.2, 0.25) is 0 Å². The first kappa shape index (κ1) is 22.8. The largest absolute Gasteiger partial charge is 0.479 e. The molecule has 1 spiro atoms. The number of nitriles is 1. The molecule has 10 nitrogen and oxygen atoms in total. The van der Waals surface area contributed by atoms with Gasteiger partial charge in [-0.15, -0.1) is 0 Å². The molecule has 3 rings (SSSR count). The van der Waals surface area contributed by atoms with E-state index in [9.17, 15) is 19.2 Å². The Bertz CT molecular complexity index is 958. The highest BCUT2D eigenvalue weighted by Gasteiger charge is 2.52. The van der Waals surface area contributed by atoms with Crippen LogP contribution in [0.25, 0.3) is 6.08 Å². The van der Waals surface area contributed by atoms with E-state index in [2.05, 4.69) is 17.7 Å². The van der Waals surface area contributed by atoms with Crippen LogP contribution in [-0.4, -0.2) is 47.6 Å². The molecule has 0 unspecified atom stereocenters. The molecule has 1 aromatic carbocycles. The normalized spacial score (nSPS) is 22.5. The first-order chi connectivity index (χ1) is 15.3. The predicted molar refractivity (Wildman–Crippen MR) is 111 cm³/mol. The average Bonchev–Trinajstić information content (AvgIpc) is 3.01. The molecule has 1 saturated carbocycles. The van der Waals surface area contributed by atoms with Crippen LogP contribution in [-0.2, 0) is 19.1 Å². The van der Waals surface area contributed by atoms with Gasteiger partial charge in [-0.1, -0.05) is 19.1 Å². The number of esters is 1. The van der Waals surface area contributed by atoms with Crippen molar-refractivity contribution < 1.29 is 28.7 Å². The van der Waals surface area contributed by atoms with Gasteiger partial charge in [-0.2, -0.15) is 10.3 Å². The van der Waals surface area contributed by atoms with Gasteiger partial charge in [0.25, 0.3) is 11.8 Å². The third kappa shape index (κ3) is 5.43. The Labute approximate surface area is 185 Å². The van der Waals surface area contributed by atoms with Crippen LogP contribution in [0, 0.1) is 17.2 Å². The zero-order chi connectivity index (χ0) is 23.1. The smallest absolute Gasteiger partial charge is 0.344 e. The van der Waals surface area contributed by atoms with Crippen molar-refractivity contribution in [2.24, 2.45) is 5.92 Å². The maximum atomic E-state index is 12.7. The van der Waals surface area contributed by atoms with Gasteiger partial charge in [0.1, 0.15) is 17.4 Å². The maximum Gasteiger partial charge on any atom is 0.344 e. The topological polar surface area (TPSA) is 138 Å². The number of nitrogens with one attached hydrogen (secondary N) is 2. The van der Waals surface area contributed by atoms with Crippen LogP contribution in [0.4, 0.5) is 4.79 Å². The van der Waals surface area contributed by atoms with Crippen LogP contribution in [0.1, 0.15) is 38.2 Å². The van der Waals surface area contributed by atoms with Gasteiger partial charge < -0.3 is 14.8 Å².